The van der Waals surface area contributed by atoms with E-state index in [4.69, 9.17) is 21.7 Å². The molecule has 2 fully saturated rings. The molecule has 1 saturated carbocycles. The third-order valence-electron chi connectivity index (χ3n) is 5.16. The zero-order valence-corrected chi connectivity index (χ0v) is 17.6. The first-order chi connectivity index (χ1) is 14.0. The molecular weight excluding hydrogens is 384 g/mol. The van der Waals surface area contributed by atoms with E-state index < -0.39 is 0 Å². The molecule has 0 atom stereocenters. The number of carbonyl (C=O) groups is 1. The van der Waals surface area contributed by atoms with E-state index in [1.165, 1.54) is 0 Å². The van der Waals surface area contributed by atoms with Crippen LogP contribution in [0.5, 0.6) is 11.5 Å². The Morgan fingerprint density at radius 2 is 1.97 bits per heavy atom. The van der Waals surface area contributed by atoms with Crippen molar-refractivity contribution in [3.05, 3.63) is 64.3 Å². The van der Waals surface area contributed by atoms with Gasteiger partial charge in [-0.2, -0.15) is 0 Å². The second-order valence-corrected chi connectivity index (χ2v) is 7.91. The Kier molecular flexibility index (Phi) is 5.28. The van der Waals surface area contributed by atoms with Crippen LogP contribution in [0, 0.1) is 13.8 Å². The van der Waals surface area contributed by atoms with Crippen LogP contribution in [-0.4, -0.2) is 29.1 Å². The van der Waals surface area contributed by atoms with Crippen molar-refractivity contribution in [2.75, 3.05) is 7.11 Å². The number of ether oxygens (including phenoxy) is 2. The van der Waals surface area contributed by atoms with Crippen molar-refractivity contribution in [3.63, 3.8) is 0 Å². The van der Waals surface area contributed by atoms with Crippen LogP contribution in [0.25, 0.3) is 6.08 Å². The van der Waals surface area contributed by atoms with Gasteiger partial charge in [-0.1, -0.05) is 18.2 Å². The highest BCUT2D eigenvalue weighted by Crippen LogP contribution is 2.31. The van der Waals surface area contributed by atoms with Gasteiger partial charge >= 0.3 is 0 Å². The largest absolute Gasteiger partial charge is 0.496 e. The summed E-state index contributed by atoms with van der Waals surface area (Å²) in [4.78, 5) is 14.3. The third kappa shape index (κ3) is 4.12. The van der Waals surface area contributed by atoms with Crippen LogP contribution >= 0.6 is 12.2 Å². The van der Waals surface area contributed by atoms with Gasteiger partial charge in [0.05, 0.1) is 7.11 Å². The molecule has 0 bridgehead atoms. The summed E-state index contributed by atoms with van der Waals surface area (Å²) >= 11 is 5.32. The van der Waals surface area contributed by atoms with Gasteiger partial charge in [-0.25, -0.2) is 0 Å². The first-order valence-electron chi connectivity index (χ1n) is 9.69. The summed E-state index contributed by atoms with van der Waals surface area (Å²) in [6, 6.07) is 12.2. The summed E-state index contributed by atoms with van der Waals surface area (Å²) in [6.45, 7) is 4.44. The standard InChI is InChI=1S/C23H24N2O3S/c1-14-4-5-15(2)21(10-14)28-13-17-11-16(6-9-20(17)27-3)12-19-22(26)25(18-7-8-18)23(29)24-19/h4-6,9-12,18H,7-8,13H2,1-3H3,(H,24,29)/b19-12+. The number of hydrogen-bond acceptors (Lipinski definition) is 4. The fourth-order valence-corrected chi connectivity index (χ4v) is 3.74. The lowest BCUT2D eigenvalue weighted by Crippen LogP contribution is -2.32. The maximum absolute atomic E-state index is 12.6. The van der Waals surface area contributed by atoms with E-state index in [-0.39, 0.29) is 11.9 Å². The Morgan fingerprint density at radius 3 is 2.69 bits per heavy atom. The molecule has 1 amide bonds. The second kappa shape index (κ2) is 7.87. The van der Waals surface area contributed by atoms with Gasteiger partial charge in [0.15, 0.2) is 5.11 Å². The summed E-state index contributed by atoms with van der Waals surface area (Å²) in [7, 11) is 1.64. The number of rotatable bonds is 6. The van der Waals surface area contributed by atoms with E-state index in [0.717, 1.165) is 46.6 Å². The Labute approximate surface area is 176 Å². The summed E-state index contributed by atoms with van der Waals surface area (Å²) < 4.78 is 11.5. The molecule has 2 aliphatic rings. The molecule has 2 aromatic rings. The summed E-state index contributed by atoms with van der Waals surface area (Å²) in [5, 5.41) is 3.55. The molecule has 6 heteroatoms. The Bertz CT molecular complexity index is 1010. The first kappa shape index (κ1) is 19.5. The van der Waals surface area contributed by atoms with Gasteiger partial charge in [0.2, 0.25) is 0 Å². The van der Waals surface area contributed by atoms with Gasteiger partial charge in [-0.3, -0.25) is 9.69 Å². The van der Waals surface area contributed by atoms with Crippen LogP contribution in [0.15, 0.2) is 42.1 Å². The highest BCUT2D eigenvalue weighted by Gasteiger charge is 2.41. The van der Waals surface area contributed by atoms with Crippen LogP contribution in [0.3, 0.4) is 0 Å². The molecule has 0 unspecified atom stereocenters. The summed E-state index contributed by atoms with van der Waals surface area (Å²) in [5.74, 6) is 1.55. The molecule has 29 heavy (non-hydrogen) atoms. The van der Waals surface area contributed by atoms with Crippen LogP contribution in [-0.2, 0) is 11.4 Å². The minimum absolute atomic E-state index is 0.0542. The molecule has 0 spiro atoms. The molecule has 1 saturated heterocycles. The fourth-order valence-electron chi connectivity index (χ4n) is 3.40. The van der Waals surface area contributed by atoms with Crippen molar-refractivity contribution in [2.24, 2.45) is 0 Å². The summed E-state index contributed by atoms with van der Waals surface area (Å²) in [5.41, 5.74) is 4.55. The van der Waals surface area contributed by atoms with Crippen molar-refractivity contribution in [2.45, 2.75) is 39.3 Å². The average molecular weight is 409 g/mol. The minimum Gasteiger partial charge on any atom is -0.496 e. The Morgan fingerprint density at radius 1 is 1.17 bits per heavy atom. The number of nitrogens with zero attached hydrogens (tertiary/aromatic N) is 1. The van der Waals surface area contributed by atoms with E-state index in [0.29, 0.717) is 17.4 Å². The van der Waals surface area contributed by atoms with Gasteiger partial charge in [-0.15, -0.1) is 0 Å². The highest BCUT2D eigenvalue weighted by atomic mass is 32.1. The molecule has 2 aromatic carbocycles. The number of methoxy groups -OCH3 is 1. The molecular formula is C23H24N2O3S. The SMILES string of the molecule is COc1ccc(/C=C2/NC(=S)N(C3CC3)C2=O)cc1COc1cc(C)ccc1C. The number of hydrogen-bond donors (Lipinski definition) is 1. The Hall–Kier alpha value is -2.86. The predicted octanol–water partition coefficient (Wildman–Crippen LogP) is 4.11. The quantitative estimate of drug-likeness (QED) is 0.576. The molecule has 0 aromatic heterocycles. The third-order valence-corrected chi connectivity index (χ3v) is 5.46. The zero-order chi connectivity index (χ0) is 20.5. The normalized spacial score (nSPS) is 17.6. The number of benzene rings is 2. The minimum atomic E-state index is -0.0542. The highest BCUT2D eigenvalue weighted by molar-refractivity contribution is 7.80. The Balaban J connectivity index is 1.56. The molecule has 1 aliphatic carbocycles. The van der Waals surface area contributed by atoms with Crippen molar-refractivity contribution in [3.8, 4) is 11.5 Å². The second-order valence-electron chi connectivity index (χ2n) is 7.52. The number of aryl methyl sites for hydroxylation is 2. The maximum atomic E-state index is 12.6. The molecule has 150 valence electrons. The molecule has 4 rings (SSSR count). The van der Waals surface area contributed by atoms with Gasteiger partial charge < -0.3 is 14.8 Å². The van der Waals surface area contributed by atoms with Crippen molar-refractivity contribution < 1.29 is 14.3 Å². The lowest BCUT2D eigenvalue weighted by atomic mass is 10.1. The van der Waals surface area contributed by atoms with Crippen LogP contribution in [0.2, 0.25) is 0 Å². The zero-order valence-electron chi connectivity index (χ0n) is 16.8. The molecule has 1 aliphatic heterocycles. The van der Waals surface area contributed by atoms with Crippen LogP contribution in [0.1, 0.15) is 35.1 Å². The number of nitrogens with one attached hydrogen (secondary N) is 1. The maximum Gasteiger partial charge on any atom is 0.276 e. The topological polar surface area (TPSA) is 50.8 Å². The fraction of sp³-hybridized carbons (Fsp3) is 0.304. The predicted molar refractivity (Wildman–Crippen MR) is 117 cm³/mol. The molecule has 0 radical (unpaired) electrons. The van der Waals surface area contributed by atoms with Crippen molar-refractivity contribution in [1.29, 1.82) is 0 Å². The van der Waals surface area contributed by atoms with Crippen molar-refractivity contribution in [1.82, 2.24) is 10.2 Å². The van der Waals surface area contributed by atoms with Gasteiger partial charge in [0, 0.05) is 11.6 Å². The molecule has 1 heterocycles. The van der Waals surface area contributed by atoms with E-state index >= 15 is 0 Å². The summed E-state index contributed by atoms with van der Waals surface area (Å²) in [6.07, 6.45) is 3.87. The first-order valence-corrected chi connectivity index (χ1v) is 10.1. The van der Waals surface area contributed by atoms with Gasteiger partial charge in [0.1, 0.15) is 23.8 Å². The molecule has 1 N–H and O–H groups in total. The average Bonchev–Trinajstić information content (AvgIpc) is 3.49. The smallest absolute Gasteiger partial charge is 0.276 e. The lowest BCUT2D eigenvalue weighted by molar-refractivity contribution is -0.122. The number of carbonyl (C=O) groups excluding carboxylic acids is 1. The molecule has 5 nitrogen and oxygen atoms in total. The van der Waals surface area contributed by atoms with Gasteiger partial charge in [-0.05, 0) is 79.9 Å². The lowest BCUT2D eigenvalue weighted by Gasteiger charge is -2.13. The van der Waals surface area contributed by atoms with Crippen LogP contribution in [0.4, 0.5) is 0 Å². The van der Waals surface area contributed by atoms with E-state index in [1.54, 1.807) is 12.0 Å². The van der Waals surface area contributed by atoms with E-state index in [2.05, 4.69) is 17.4 Å². The van der Waals surface area contributed by atoms with Crippen LogP contribution < -0.4 is 14.8 Å². The van der Waals surface area contributed by atoms with Crippen molar-refractivity contribution >= 4 is 29.3 Å². The van der Waals surface area contributed by atoms with E-state index in [1.807, 2.05) is 44.2 Å². The monoisotopic (exact) mass is 408 g/mol. The van der Waals surface area contributed by atoms with E-state index in [9.17, 15) is 4.79 Å². The van der Waals surface area contributed by atoms with Gasteiger partial charge in [0.25, 0.3) is 5.91 Å². The number of thiocarbonyl (C=S) groups is 1. The number of amides is 1.